The Morgan fingerprint density at radius 1 is 1.44 bits per heavy atom. The van der Waals surface area contributed by atoms with E-state index in [0.717, 1.165) is 32.4 Å². The Hall–Kier alpha value is -0.220. The third-order valence-electron chi connectivity index (χ3n) is 4.21. The molecule has 1 heterocycles. The number of rotatable bonds is 8. The first kappa shape index (κ1) is 15.8. The maximum atomic E-state index is 11.8. The summed E-state index contributed by atoms with van der Waals surface area (Å²) >= 11 is 1.88. The average Bonchev–Trinajstić information content (AvgIpc) is 2.92. The smallest absolute Gasteiger partial charge is 0.220 e. The maximum absolute atomic E-state index is 11.8. The van der Waals surface area contributed by atoms with E-state index in [1.807, 2.05) is 11.8 Å². The summed E-state index contributed by atoms with van der Waals surface area (Å²) in [6.07, 6.45) is 8.48. The predicted molar refractivity (Wildman–Crippen MR) is 80.1 cm³/mol. The van der Waals surface area contributed by atoms with Crippen molar-refractivity contribution in [2.24, 2.45) is 0 Å². The molecule has 3 nitrogen and oxygen atoms in total. The van der Waals surface area contributed by atoms with Gasteiger partial charge in [0.15, 0.2) is 0 Å². The Balaban J connectivity index is 2.22. The number of amides is 1. The van der Waals surface area contributed by atoms with Crippen LogP contribution in [-0.4, -0.2) is 36.0 Å². The van der Waals surface area contributed by atoms with Crippen LogP contribution in [0.5, 0.6) is 0 Å². The van der Waals surface area contributed by atoms with Crippen molar-refractivity contribution in [3.63, 3.8) is 0 Å². The zero-order valence-corrected chi connectivity index (χ0v) is 12.9. The van der Waals surface area contributed by atoms with Crippen LogP contribution in [0, 0.1) is 0 Å². The van der Waals surface area contributed by atoms with Crippen LogP contribution in [-0.2, 0) is 4.79 Å². The van der Waals surface area contributed by atoms with Crippen LogP contribution >= 0.6 is 11.8 Å². The first-order valence-corrected chi connectivity index (χ1v) is 8.43. The van der Waals surface area contributed by atoms with Crippen molar-refractivity contribution in [3.8, 4) is 0 Å². The van der Waals surface area contributed by atoms with E-state index in [0.29, 0.717) is 12.5 Å². The number of carbonyl (C=O) groups excluding carboxylic acids is 1. The van der Waals surface area contributed by atoms with Crippen LogP contribution in [0.1, 0.15) is 52.4 Å². The van der Waals surface area contributed by atoms with Crippen LogP contribution in [0.3, 0.4) is 0 Å². The predicted octanol–water partition coefficient (Wildman–Crippen LogP) is 2.56. The highest BCUT2D eigenvalue weighted by atomic mass is 32.2. The van der Waals surface area contributed by atoms with Gasteiger partial charge in [0.05, 0.1) is 0 Å². The second kappa shape index (κ2) is 8.05. The van der Waals surface area contributed by atoms with E-state index in [1.165, 1.54) is 12.8 Å². The normalized spacial score (nSPS) is 20.1. The Morgan fingerprint density at radius 2 is 2.17 bits per heavy atom. The highest BCUT2D eigenvalue weighted by Gasteiger charge is 2.25. The lowest BCUT2D eigenvalue weighted by Crippen LogP contribution is -2.40. The van der Waals surface area contributed by atoms with Crippen molar-refractivity contribution < 1.29 is 4.79 Å². The molecule has 0 aromatic carbocycles. The molecule has 0 aromatic rings. The monoisotopic (exact) mass is 272 g/mol. The molecule has 0 radical (unpaired) electrons. The summed E-state index contributed by atoms with van der Waals surface area (Å²) in [7, 11) is 0. The van der Waals surface area contributed by atoms with Crippen molar-refractivity contribution in [1.29, 1.82) is 0 Å². The van der Waals surface area contributed by atoms with Crippen LogP contribution in [0.4, 0.5) is 0 Å². The van der Waals surface area contributed by atoms with Crippen LogP contribution in [0.15, 0.2) is 0 Å². The molecule has 0 aromatic heterocycles. The zero-order valence-electron chi connectivity index (χ0n) is 12.1. The average molecular weight is 272 g/mol. The fourth-order valence-electron chi connectivity index (χ4n) is 2.52. The molecule has 0 bridgehead atoms. The minimum atomic E-state index is 0.212. The molecule has 0 spiro atoms. The molecule has 1 aliphatic rings. The van der Waals surface area contributed by atoms with Gasteiger partial charge in [0, 0.05) is 23.8 Å². The van der Waals surface area contributed by atoms with Crippen molar-refractivity contribution in [1.82, 2.24) is 10.6 Å². The molecule has 0 aliphatic carbocycles. The fraction of sp³-hybridized carbons (Fsp3) is 0.929. The van der Waals surface area contributed by atoms with Gasteiger partial charge in [0.2, 0.25) is 5.91 Å². The van der Waals surface area contributed by atoms with E-state index in [2.05, 4.69) is 30.7 Å². The Morgan fingerprint density at radius 3 is 2.67 bits per heavy atom. The summed E-state index contributed by atoms with van der Waals surface area (Å²) in [6, 6.07) is 0.568. The summed E-state index contributed by atoms with van der Waals surface area (Å²) in [5.74, 6) is 0.212. The van der Waals surface area contributed by atoms with Crippen molar-refractivity contribution >= 4 is 17.7 Å². The van der Waals surface area contributed by atoms with Gasteiger partial charge < -0.3 is 10.6 Å². The maximum Gasteiger partial charge on any atom is 0.220 e. The molecule has 1 rings (SSSR count). The van der Waals surface area contributed by atoms with Gasteiger partial charge >= 0.3 is 0 Å². The highest BCUT2D eigenvalue weighted by Crippen LogP contribution is 2.29. The topological polar surface area (TPSA) is 41.1 Å². The van der Waals surface area contributed by atoms with Gasteiger partial charge in [0.1, 0.15) is 0 Å². The van der Waals surface area contributed by atoms with E-state index >= 15 is 0 Å². The van der Waals surface area contributed by atoms with Crippen LogP contribution in [0.25, 0.3) is 0 Å². The molecule has 1 aliphatic heterocycles. The summed E-state index contributed by atoms with van der Waals surface area (Å²) in [5, 5.41) is 6.55. The van der Waals surface area contributed by atoms with Gasteiger partial charge in [-0.25, -0.2) is 0 Å². The third kappa shape index (κ3) is 4.81. The minimum absolute atomic E-state index is 0.212. The second-order valence-corrected chi connectivity index (χ2v) is 6.48. The fourth-order valence-corrected chi connectivity index (χ4v) is 3.31. The zero-order chi connectivity index (χ0) is 13.4. The quantitative estimate of drug-likeness (QED) is 0.713. The number of hydrogen-bond donors (Lipinski definition) is 2. The Labute approximate surface area is 116 Å². The lowest BCUT2D eigenvalue weighted by Gasteiger charge is -2.29. The largest absolute Gasteiger partial charge is 0.355 e. The molecule has 1 unspecified atom stereocenters. The third-order valence-corrected chi connectivity index (χ3v) is 5.80. The minimum Gasteiger partial charge on any atom is -0.355 e. The molecule has 18 heavy (non-hydrogen) atoms. The van der Waals surface area contributed by atoms with Gasteiger partial charge in [-0.3, -0.25) is 4.79 Å². The molecule has 0 saturated carbocycles. The van der Waals surface area contributed by atoms with E-state index in [4.69, 9.17) is 0 Å². The number of thioether (sulfide) groups is 1. The molecule has 4 heteroatoms. The molecule has 1 amide bonds. The Bertz CT molecular complexity index is 240. The molecular weight excluding hydrogens is 244 g/mol. The van der Waals surface area contributed by atoms with Gasteiger partial charge in [-0.15, -0.1) is 0 Å². The summed E-state index contributed by atoms with van der Waals surface area (Å²) in [6.45, 7) is 6.33. The molecule has 106 valence electrons. The van der Waals surface area contributed by atoms with Gasteiger partial charge in [-0.1, -0.05) is 13.8 Å². The number of nitrogens with one attached hydrogen (secondary N) is 2. The molecule has 2 N–H and O–H groups in total. The molecule has 1 fully saturated rings. The summed E-state index contributed by atoms with van der Waals surface area (Å²) in [4.78, 5) is 11.8. The van der Waals surface area contributed by atoms with Crippen molar-refractivity contribution in [2.45, 2.75) is 63.2 Å². The van der Waals surface area contributed by atoms with Crippen molar-refractivity contribution in [2.75, 3.05) is 19.3 Å². The van der Waals surface area contributed by atoms with Crippen LogP contribution in [0.2, 0.25) is 0 Å². The summed E-state index contributed by atoms with van der Waals surface area (Å²) in [5.41, 5.74) is 0. The number of hydrogen-bond acceptors (Lipinski definition) is 3. The summed E-state index contributed by atoms with van der Waals surface area (Å²) < 4.78 is 0.223. The van der Waals surface area contributed by atoms with E-state index in [1.54, 1.807) is 0 Å². The molecule has 1 saturated heterocycles. The SMILES string of the molecule is CCC(CC)(CNC(=O)CCC1CCCN1)SC. The van der Waals surface area contributed by atoms with E-state index in [9.17, 15) is 4.79 Å². The number of carbonyl (C=O) groups is 1. The lowest BCUT2D eigenvalue weighted by atomic mass is 10.0. The van der Waals surface area contributed by atoms with Gasteiger partial charge in [0.25, 0.3) is 0 Å². The van der Waals surface area contributed by atoms with Crippen molar-refractivity contribution in [3.05, 3.63) is 0 Å². The first-order chi connectivity index (χ1) is 8.65. The van der Waals surface area contributed by atoms with Crippen LogP contribution < -0.4 is 10.6 Å². The first-order valence-electron chi connectivity index (χ1n) is 7.21. The van der Waals surface area contributed by atoms with E-state index < -0.39 is 0 Å². The van der Waals surface area contributed by atoms with Gasteiger partial charge in [-0.2, -0.15) is 11.8 Å². The Kier molecular flexibility index (Phi) is 7.08. The lowest BCUT2D eigenvalue weighted by molar-refractivity contribution is -0.121. The van der Waals surface area contributed by atoms with Gasteiger partial charge in [-0.05, 0) is 44.9 Å². The molecular formula is C14H28N2OS. The second-order valence-electron chi connectivity index (χ2n) is 5.20. The molecule has 1 atom stereocenters. The highest BCUT2D eigenvalue weighted by molar-refractivity contribution is 8.00. The standard InChI is InChI=1S/C14H28N2OS/c1-4-14(5-2,18-3)11-16-13(17)9-8-12-7-6-10-15-12/h12,15H,4-11H2,1-3H3,(H,16,17). The van der Waals surface area contributed by atoms with E-state index in [-0.39, 0.29) is 10.7 Å².